The Labute approximate surface area is 166 Å². The minimum Gasteiger partial charge on any atom is -0.398 e. The number of hydrogen-bond acceptors (Lipinski definition) is 1. The molecule has 0 heterocycles. The first-order valence-corrected chi connectivity index (χ1v) is 9.77. The highest BCUT2D eigenvalue weighted by molar-refractivity contribution is 5.61. The molecular formula is C26H35N. The third-order valence-electron chi connectivity index (χ3n) is 4.90. The van der Waals surface area contributed by atoms with Crippen molar-refractivity contribution in [1.82, 2.24) is 0 Å². The Kier molecular flexibility index (Phi) is 5.53. The lowest BCUT2D eigenvalue weighted by Crippen LogP contribution is -2.23. The highest BCUT2D eigenvalue weighted by Gasteiger charge is 2.28. The zero-order chi connectivity index (χ0) is 20.6. The summed E-state index contributed by atoms with van der Waals surface area (Å²) in [6, 6.07) is 12.5. The molecule has 0 amide bonds. The van der Waals surface area contributed by atoms with Gasteiger partial charge in [0.1, 0.15) is 0 Å². The van der Waals surface area contributed by atoms with Gasteiger partial charge < -0.3 is 5.73 Å². The molecule has 0 aliphatic heterocycles. The van der Waals surface area contributed by atoms with Gasteiger partial charge in [-0.1, -0.05) is 98.4 Å². The van der Waals surface area contributed by atoms with Crippen LogP contribution < -0.4 is 5.73 Å². The molecule has 0 saturated carbocycles. The molecule has 144 valence electrons. The monoisotopic (exact) mass is 361 g/mol. The van der Waals surface area contributed by atoms with Crippen molar-refractivity contribution in [2.24, 2.45) is 0 Å². The fraction of sp³-hybridized carbons (Fsp3) is 0.462. The summed E-state index contributed by atoms with van der Waals surface area (Å²) in [6.07, 6.45) is 0. The Morgan fingerprint density at radius 1 is 0.667 bits per heavy atom. The van der Waals surface area contributed by atoms with Crippen LogP contribution in [0.15, 0.2) is 36.4 Å². The van der Waals surface area contributed by atoms with E-state index < -0.39 is 0 Å². The average molecular weight is 362 g/mol. The maximum atomic E-state index is 6.11. The zero-order valence-corrected chi connectivity index (χ0v) is 18.5. The van der Waals surface area contributed by atoms with E-state index >= 15 is 0 Å². The maximum Gasteiger partial charge on any atom is 0.0478 e. The molecule has 1 nitrogen and oxygen atoms in total. The van der Waals surface area contributed by atoms with Crippen LogP contribution in [0.25, 0.3) is 0 Å². The Bertz CT molecular complexity index is 850. The smallest absolute Gasteiger partial charge is 0.0478 e. The lowest BCUT2D eigenvalue weighted by atomic mass is 9.72. The summed E-state index contributed by atoms with van der Waals surface area (Å²) < 4.78 is 0. The van der Waals surface area contributed by atoms with Gasteiger partial charge in [0.25, 0.3) is 0 Å². The molecule has 0 aliphatic carbocycles. The molecular weight excluding hydrogens is 326 g/mol. The molecule has 0 aromatic heterocycles. The molecule has 0 radical (unpaired) electrons. The third-order valence-corrected chi connectivity index (χ3v) is 4.90. The molecule has 0 spiro atoms. The summed E-state index contributed by atoms with van der Waals surface area (Å²) in [4.78, 5) is 0. The first-order chi connectivity index (χ1) is 12.2. The Hall–Kier alpha value is -2.20. The van der Waals surface area contributed by atoms with Gasteiger partial charge in [0.05, 0.1) is 0 Å². The number of benzene rings is 2. The second-order valence-corrected chi connectivity index (χ2v) is 10.5. The fourth-order valence-corrected chi connectivity index (χ4v) is 3.13. The number of nitrogens with two attached hydrogens (primary N) is 1. The second-order valence-electron chi connectivity index (χ2n) is 10.5. The Morgan fingerprint density at radius 3 is 1.56 bits per heavy atom. The molecule has 2 rings (SSSR count). The van der Waals surface area contributed by atoms with Gasteiger partial charge in [0.15, 0.2) is 0 Å². The topological polar surface area (TPSA) is 26.0 Å². The van der Waals surface area contributed by atoms with Gasteiger partial charge in [-0.05, 0) is 45.1 Å². The molecule has 0 unspecified atom stereocenters. The minimum atomic E-state index is 0.00745. The van der Waals surface area contributed by atoms with E-state index in [2.05, 4.69) is 86.3 Å². The van der Waals surface area contributed by atoms with E-state index in [0.29, 0.717) is 0 Å². The van der Waals surface area contributed by atoms with Crippen LogP contribution >= 0.6 is 0 Å². The quantitative estimate of drug-likeness (QED) is 0.417. The van der Waals surface area contributed by atoms with Gasteiger partial charge in [-0.25, -0.2) is 0 Å². The normalized spacial score (nSPS) is 12.5. The van der Waals surface area contributed by atoms with Crippen molar-refractivity contribution in [3.63, 3.8) is 0 Å². The van der Waals surface area contributed by atoms with Crippen LogP contribution in [0.1, 0.15) is 90.1 Å². The van der Waals surface area contributed by atoms with E-state index in [4.69, 9.17) is 5.73 Å². The number of para-hydroxylation sites is 1. The molecule has 0 fully saturated rings. The highest BCUT2D eigenvalue weighted by atomic mass is 14.5. The van der Waals surface area contributed by atoms with Crippen molar-refractivity contribution in [3.05, 3.63) is 64.2 Å². The van der Waals surface area contributed by atoms with Crippen molar-refractivity contribution < 1.29 is 0 Å². The van der Waals surface area contributed by atoms with Crippen molar-refractivity contribution in [3.8, 4) is 11.8 Å². The molecule has 0 aliphatic rings. The van der Waals surface area contributed by atoms with Gasteiger partial charge in [-0.2, -0.15) is 0 Å². The van der Waals surface area contributed by atoms with E-state index in [1.165, 1.54) is 16.7 Å². The SMILES string of the molecule is CC(C)(C)c1cc(C(C)(C)C)c(C#Cc2ccccc2N)c(C(C)(C)C)c1. The molecule has 0 bridgehead atoms. The predicted molar refractivity (Wildman–Crippen MR) is 119 cm³/mol. The lowest BCUT2D eigenvalue weighted by molar-refractivity contribution is 0.546. The summed E-state index contributed by atoms with van der Waals surface area (Å²) >= 11 is 0. The molecule has 2 aromatic carbocycles. The van der Waals surface area contributed by atoms with Gasteiger partial charge in [-0.3, -0.25) is 0 Å². The van der Waals surface area contributed by atoms with Gasteiger partial charge >= 0.3 is 0 Å². The van der Waals surface area contributed by atoms with Crippen LogP contribution in [-0.2, 0) is 16.2 Å². The predicted octanol–water partition coefficient (Wildman–Crippen LogP) is 6.56. The molecule has 0 atom stereocenters. The first-order valence-electron chi connectivity index (χ1n) is 9.77. The van der Waals surface area contributed by atoms with Crippen LogP contribution in [0.5, 0.6) is 0 Å². The van der Waals surface area contributed by atoms with Crippen LogP contribution in [-0.4, -0.2) is 0 Å². The van der Waals surface area contributed by atoms with Crippen LogP contribution in [0.4, 0.5) is 5.69 Å². The maximum absolute atomic E-state index is 6.11. The summed E-state index contributed by atoms with van der Waals surface area (Å²) in [5, 5.41) is 0. The van der Waals surface area contributed by atoms with E-state index in [1.807, 2.05) is 24.3 Å². The van der Waals surface area contributed by atoms with Crippen LogP contribution in [0.3, 0.4) is 0 Å². The van der Waals surface area contributed by atoms with E-state index in [-0.39, 0.29) is 16.2 Å². The van der Waals surface area contributed by atoms with Crippen LogP contribution in [0.2, 0.25) is 0 Å². The lowest BCUT2D eigenvalue weighted by Gasteiger charge is -2.32. The largest absolute Gasteiger partial charge is 0.398 e. The summed E-state index contributed by atoms with van der Waals surface area (Å²) in [5.41, 5.74) is 13.0. The Balaban J connectivity index is 2.84. The minimum absolute atomic E-state index is 0.00745. The van der Waals surface area contributed by atoms with Crippen molar-refractivity contribution in [1.29, 1.82) is 0 Å². The first kappa shape index (κ1) is 21.1. The van der Waals surface area contributed by atoms with Crippen LogP contribution in [0, 0.1) is 11.8 Å². The number of hydrogen-bond donors (Lipinski definition) is 1. The van der Waals surface area contributed by atoms with Crippen molar-refractivity contribution >= 4 is 5.69 Å². The Morgan fingerprint density at radius 2 is 1.15 bits per heavy atom. The summed E-state index contributed by atoms with van der Waals surface area (Å²) in [7, 11) is 0. The zero-order valence-electron chi connectivity index (χ0n) is 18.5. The van der Waals surface area contributed by atoms with E-state index in [9.17, 15) is 0 Å². The molecule has 2 N–H and O–H groups in total. The van der Waals surface area contributed by atoms with Gasteiger partial charge in [-0.15, -0.1) is 0 Å². The van der Waals surface area contributed by atoms with Gasteiger partial charge in [0, 0.05) is 16.8 Å². The van der Waals surface area contributed by atoms with Crippen molar-refractivity contribution in [2.45, 2.75) is 78.6 Å². The molecule has 1 heteroatoms. The highest BCUT2D eigenvalue weighted by Crippen LogP contribution is 2.37. The number of rotatable bonds is 0. The van der Waals surface area contributed by atoms with Crippen molar-refractivity contribution in [2.75, 3.05) is 5.73 Å². The average Bonchev–Trinajstić information content (AvgIpc) is 2.50. The summed E-state index contributed by atoms with van der Waals surface area (Å²) in [5.74, 6) is 6.84. The summed E-state index contributed by atoms with van der Waals surface area (Å²) in [6.45, 7) is 20.4. The number of anilines is 1. The fourth-order valence-electron chi connectivity index (χ4n) is 3.13. The number of nitrogen functional groups attached to an aromatic ring is 1. The molecule has 27 heavy (non-hydrogen) atoms. The second kappa shape index (κ2) is 7.08. The standard InChI is InChI=1S/C26H35N/c1-24(2,3)19-16-21(25(4,5)6)20(22(17-19)26(7,8)9)15-14-18-12-10-11-13-23(18)27/h10-13,16-17H,27H2,1-9H3. The van der Waals surface area contributed by atoms with E-state index in [0.717, 1.165) is 16.8 Å². The van der Waals surface area contributed by atoms with E-state index in [1.54, 1.807) is 0 Å². The van der Waals surface area contributed by atoms with Gasteiger partial charge in [0.2, 0.25) is 0 Å². The third kappa shape index (κ3) is 4.95. The molecule has 0 saturated heterocycles. The molecule has 2 aromatic rings.